The lowest BCUT2D eigenvalue weighted by molar-refractivity contribution is -0.145. The second-order valence-corrected chi connectivity index (χ2v) is 7.44. The Kier molecular flexibility index (Phi) is 6.38. The second-order valence-electron chi connectivity index (χ2n) is 7.44. The topological polar surface area (TPSA) is 47.6 Å². The molecule has 2 aromatic rings. The third-order valence-corrected chi connectivity index (χ3v) is 5.53. The number of fused-ring (bicyclic) bond motifs is 1. The Labute approximate surface area is 162 Å². The van der Waals surface area contributed by atoms with Gasteiger partial charge in [-0.2, -0.15) is 0 Å². The molecule has 0 aliphatic heterocycles. The number of benzene rings is 2. The maximum Gasteiger partial charge on any atom is 0.256 e. The smallest absolute Gasteiger partial charge is 0.256 e. The average molecular weight is 370 g/mol. The first kappa shape index (κ1) is 19.7. The molecule has 0 heterocycles. The van der Waals surface area contributed by atoms with Crippen LogP contribution in [0.5, 0.6) is 5.75 Å². The molecular weight excluding hydrogens is 338 g/mol. The number of ether oxygens (including phenoxy) is 2. The van der Waals surface area contributed by atoms with Crippen molar-refractivity contribution in [1.82, 2.24) is 0 Å². The predicted octanol–water partition coefficient (Wildman–Crippen LogP) is 5.70. The van der Waals surface area contributed by atoms with Gasteiger partial charge in [0.05, 0.1) is 6.10 Å². The number of carbonyl (C=O) groups is 1. The molecule has 0 saturated heterocycles. The van der Waals surface area contributed by atoms with Gasteiger partial charge in [0, 0.05) is 23.1 Å². The number of hydrogen-bond acceptors (Lipinski definition) is 3. The van der Waals surface area contributed by atoms with E-state index in [-0.39, 0.29) is 12.0 Å². The van der Waals surface area contributed by atoms with Gasteiger partial charge >= 0.3 is 0 Å². The summed E-state index contributed by atoms with van der Waals surface area (Å²) in [6, 6.07) is 12.0. The highest BCUT2D eigenvalue weighted by Crippen LogP contribution is 2.36. The first-order chi connectivity index (χ1) is 13.1. The van der Waals surface area contributed by atoms with Gasteiger partial charge in [0.1, 0.15) is 11.4 Å². The molecule has 4 nitrogen and oxygen atoms in total. The quantitative estimate of drug-likeness (QED) is 0.681. The van der Waals surface area contributed by atoms with E-state index < -0.39 is 5.60 Å². The predicted molar refractivity (Wildman–Crippen MR) is 110 cm³/mol. The molecule has 1 saturated carbocycles. The Bertz CT molecular complexity index is 775. The molecule has 1 aliphatic rings. The van der Waals surface area contributed by atoms with Crippen molar-refractivity contribution < 1.29 is 14.3 Å². The molecular formula is C23H31NO3. The zero-order valence-electron chi connectivity index (χ0n) is 16.7. The van der Waals surface area contributed by atoms with Crippen molar-refractivity contribution in [1.29, 1.82) is 0 Å². The summed E-state index contributed by atoms with van der Waals surface area (Å²) in [5.41, 5.74) is 0.122. The van der Waals surface area contributed by atoms with Gasteiger partial charge in [0.2, 0.25) is 0 Å². The van der Waals surface area contributed by atoms with E-state index in [1.54, 1.807) is 0 Å². The average Bonchev–Trinajstić information content (AvgIpc) is 2.70. The van der Waals surface area contributed by atoms with Crippen LogP contribution >= 0.6 is 0 Å². The molecule has 27 heavy (non-hydrogen) atoms. The standard InChI is InChI=1S/C23H31NO3/c1-4-17(3)27-21-14-13-20(18-11-7-8-12-19(18)21)24-22(25)23(26-5-2)15-9-6-10-16-23/h7-8,11-14,17H,4-6,9-10,15-16H2,1-3H3,(H,24,25). The van der Waals surface area contributed by atoms with Crippen LogP contribution in [-0.2, 0) is 9.53 Å². The monoisotopic (exact) mass is 369 g/mol. The second kappa shape index (κ2) is 8.75. The van der Waals surface area contributed by atoms with Gasteiger partial charge in [-0.25, -0.2) is 0 Å². The fraction of sp³-hybridized carbons (Fsp3) is 0.522. The lowest BCUT2D eigenvalue weighted by atomic mass is 9.83. The Morgan fingerprint density at radius 3 is 2.44 bits per heavy atom. The SMILES string of the molecule is CCOC1(C(=O)Nc2ccc(OC(C)CC)c3ccccc23)CCCCC1. The maximum atomic E-state index is 13.2. The van der Waals surface area contributed by atoms with Crippen LogP contribution in [0.3, 0.4) is 0 Å². The third kappa shape index (κ3) is 4.27. The number of carbonyl (C=O) groups excluding carboxylic acids is 1. The Morgan fingerprint density at radius 2 is 1.78 bits per heavy atom. The first-order valence-corrected chi connectivity index (χ1v) is 10.2. The van der Waals surface area contributed by atoms with E-state index in [1.807, 2.05) is 43.3 Å². The summed E-state index contributed by atoms with van der Waals surface area (Å²) in [6.07, 6.45) is 5.93. The highest BCUT2D eigenvalue weighted by atomic mass is 16.5. The summed E-state index contributed by atoms with van der Waals surface area (Å²) >= 11 is 0. The molecule has 146 valence electrons. The summed E-state index contributed by atoms with van der Waals surface area (Å²) < 4.78 is 12.0. The van der Waals surface area contributed by atoms with Crippen LogP contribution in [0.1, 0.15) is 59.3 Å². The molecule has 3 rings (SSSR count). The number of nitrogens with one attached hydrogen (secondary N) is 1. The molecule has 0 radical (unpaired) electrons. The number of amides is 1. The van der Waals surface area contributed by atoms with E-state index in [0.717, 1.165) is 54.3 Å². The molecule has 1 fully saturated rings. The summed E-state index contributed by atoms with van der Waals surface area (Å²) in [6.45, 7) is 6.69. The van der Waals surface area contributed by atoms with Crippen LogP contribution < -0.4 is 10.1 Å². The normalized spacial score (nSPS) is 17.4. The van der Waals surface area contributed by atoms with Crippen molar-refractivity contribution >= 4 is 22.4 Å². The minimum absolute atomic E-state index is 0.0233. The minimum Gasteiger partial charge on any atom is -0.490 e. The molecule has 1 aliphatic carbocycles. The van der Waals surface area contributed by atoms with E-state index in [4.69, 9.17) is 9.47 Å². The van der Waals surface area contributed by atoms with Crippen molar-refractivity contribution in [3.8, 4) is 5.75 Å². The van der Waals surface area contributed by atoms with Gasteiger partial charge < -0.3 is 14.8 Å². The minimum atomic E-state index is -0.694. The Balaban J connectivity index is 1.90. The molecule has 0 bridgehead atoms. The largest absolute Gasteiger partial charge is 0.490 e. The number of anilines is 1. The summed E-state index contributed by atoms with van der Waals surface area (Å²) in [5.74, 6) is 0.833. The van der Waals surface area contributed by atoms with Crippen molar-refractivity contribution in [3.05, 3.63) is 36.4 Å². The fourth-order valence-electron chi connectivity index (χ4n) is 3.86. The number of hydrogen-bond donors (Lipinski definition) is 1. The van der Waals surface area contributed by atoms with Crippen LogP contribution in [0, 0.1) is 0 Å². The van der Waals surface area contributed by atoms with Crippen LogP contribution in [-0.4, -0.2) is 24.2 Å². The highest BCUT2D eigenvalue weighted by Gasteiger charge is 2.40. The van der Waals surface area contributed by atoms with Crippen LogP contribution in [0.4, 0.5) is 5.69 Å². The summed E-state index contributed by atoms with van der Waals surface area (Å²) in [4.78, 5) is 13.2. The Hall–Kier alpha value is -2.07. The van der Waals surface area contributed by atoms with Crippen molar-refractivity contribution in [2.24, 2.45) is 0 Å². The van der Waals surface area contributed by atoms with Gasteiger partial charge in [-0.1, -0.05) is 50.5 Å². The number of rotatable bonds is 7. The van der Waals surface area contributed by atoms with E-state index in [9.17, 15) is 4.79 Å². The highest BCUT2D eigenvalue weighted by molar-refractivity contribution is 6.06. The van der Waals surface area contributed by atoms with Gasteiger partial charge in [0.15, 0.2) is 0 Å². The van der Waals surface area contributed by atoms with E-state index in [1.165, 1.54) is 6.42 Å². The molecule has 0 aromatic heterocycles. The van der Waals surface area contributed by atoms with Crippen LogP contribution in [0.2, 0.25) is 0 Å². The van der Waals surface area contributed by atoms with Gasteiger partial charge in [-0.3, -0.25) is 4.79 Å². The van der Waals surface area contributed by atoms with Crippen LogP contribution in [0.25, 0.3) is 10.8 Å². The van der Waals surface area contributed by atoms with Crippen molar-refractivity contribution in [2.45, 2.75) is 71.0 Å². The molecule has 1 N–H and O–H groups in total. The van der Waals surface area contributed by atoms with E-state index in [2.05, 4.69) is 19.2 Å². The molecule has 2 aromatic carbocycles. The first-order valence-electron chi connectivity index (χ1n) is 10.2. The van der Waals surface area contributed by atoms with Gasteiger partial charge in [0.25, 0.3) is 5.91 Å². The maximum absolute atomic E-state index is 13.2. The Morgan fingerprint density at radius 1 is 1.07 bits per heavy atom. The van der Waals surface area contributed by atoms with Crippen molar-refractivity contribution in [3.63, 3.8) is 0 Å². The molecule has 1 amide bonds. The lowest BCUT2D eigenvalue weighted by Crippen LogP contribution is -2.47. The molecule has 4 heteroatoms. The zero-order chi connectivity index (χ0) is 19.3. The van der Waals surface area contributed by atoms with Gasteiger partial charge in [-0.15, -0.1) is 0 Å². The summed E-state index contributed by atoms with van der Waals surface area (Å²) in [5, 5.41) is 5.17. The molecule has 1 unspecified atom stereocenters. The molecule has 1 atom stereocenters. The van der Waals surface area contributed by atoms with Gasteiger partial charge in [-0.05, 0) is 45.2 Å². The molecule has 0 spiro atoms. The van der Waals surface area contributed by atoms with E-state index in [0.29, 0.717) is 6.61 Å². The summed E-state index contributed by atoms with van der Waals surface area (Å²) in [7, 11) is 0. The van der Waals surface area contributed by atoms with Crippen LogP contribution in [0.15, 0.2) is 36.4 Å². The fourth-order valence-corrected chi connectivity index (χ4v) is 3.86. The zero-order valence-corrected chi connectivity index (χ0v) is 16.7. The third-order valence-electron chi connectivity index (χ3n) is 5.53. The van der Waals surface area contributed by atoms with E-state index >= 15 is 0 Å². The van der Waals surface area contributed by atoms with Crippen molar-refractivity contribution in [2.75, 3.05) is 11.9 Å². The lowest BCUT2D eigenvalue weighted by Gasteiger charge is -2.35.